The summed E-state index contributed by atoms with van der Waals surface area (Å²) in [6, 6.07) is 8.35. The van der Waals surface area contributed by atoms with Crippen molar-refractivity contribution in [3.05, 3.63) is 29.8 Å². The van der Waals surface area contributed by atoms with E-state index in [2.05, 4.69) is 27.8 Å². The molecule has 1 unspecified atom stereocenters. The fourth-order valence-electron chi connectivity index (χ4n) is 2.95. The highest BCUT2D eigenvalue weighted by Crippen LogP contribution is 2.13. The van der Waals surface area contributed by atoms with Crippen LogP contribution in [0.5, 0.6) is 5.75 Å². The summed E-state index contributed by atoms with van der Waals surface area (Å²) in [5, 5.41) is 6.76. The van der Waals surface area contributed by atoms with Gasteiger partial charge in [0, 0.05) is 38.6 Å². The number of hydrogen-bond acceptors (Lipinski definition) is 3. The summed E-state index contributed by atoms with van der Waals surface area (Å²) in [6.45, 7) is 6.26. The molecular formula is C19H30N4O2. The van der Waals surface area contributed by atoms with E-state index in [1.165, 1.54) is 5.56 Å². The molecule has 2 N–H and O–H groups in total. The van der Waals surface area contributed by atoms with Gasteiger partial charge in [0.05, 0.1) is 7.11 Å². The molecule has 1 atom stereocenters. The Balaban J connectivity index is 1.74. The van der Waals surface area contributed by atoms with Crippen LogP contribution in [-0.2, 0) is 11.2 Å². The number of methoxy groups -OCH3 is 1. The zero-order valence-corrected chi connectivity index (χ0v) is 15.7. The first-order valence-corrected chi connectivity index (χ1v) is 8.92. The molecule has 1 aliphatic rings. The van der Waals surface area contributed by atoms with Crippen molar-refractivity contribution in [2.75, 3.05) is 33.8 Å². The van der Waals surface area contributed by atoms with E-state index in [1.54, 1.807) is 14.2 Å². The second-order valence-corrected chi connectivity index (χ2v) is 6.67. The number of hydrogen-bond donors (Lipinski definition) is 2. The molecule has 0 radical (unpaired) electrons. The normalized spacial score (nSPS) is 17.7. The summed E-state index contributed by atoms with van der Waals surface area (Å²) >= 11 is 0. The molecule has 1 aliphatic heterocycles. The van der Waals surface area contributed by atoms with Crippen LogP contribution in [0.4, 0.5) is 0 Å². The first-order chi connectivity index (χ1) is 12.0. The largest absolute Gasteiger partial charge is 0.497 e. The van der Waals surface area contributed by atoms with Crippen LogP contribution < -0.4 is 15.4 Å². The van der Waals surface area contributed by atoms with Crippen molar-refractivity contribution < 1.29 is 9.53 Å². The average molecular weight is 346 g/mol. The molecule has 0 saturated carbocycles. The van der Waals surface area contributed by atoms with Gasteiger partial charge < -0.3 is 20.3 Å². The molecule has 1 fully saturated rings. The lowest BCUT2D eigenvalue weighted by atomic mass is 10.1. The molecule has 25 heavy (non-hydrogen) atoms. The Kier molecular flexibility index (Phi) is 7.10. The predicted molar refractivity (Wildman–Crippen MR) is 101 cm³/mol. The Morgan fingerprint density at radius 1 is 1.36 bits per heavy atom. The zero-order valence-electron chi connectivity index (χ0n) is 15.7. The summed E-state index contributed by atoms with van der Waals surface area (Å²) in [7, 11) is 3.44. The predicted octanol–water partition coefficient (Wildman–Crippen LogP) is 1.66. The molecule has 0 bridgehead atoms. The van der Waals surface area contributed by atoms with Crippen LogP contribution in [-0.4, -0.2) is 56.6 Å². The molecule has 1 amide bonds. The van der Waals surface area contributed by atoms with Crippen LogP contribution in [0.3, 0.4) is 0 Å². The first-order valence-electron chi connectivity index (χ1n) is 8.92. The Morgan fingerprint density at radius 3 is 2.68 bits per heavy atom. The van der Waals surface area contributed by atoms with Gasteiger partial charge in [0.2, 0.25) is 5.91 Å². The highest BCUT2D eigenvalue weighted by Gasteiger charge is 2.27. The third-order valence-electron chi connectivity index (χ3n) is 4.42. The molecule has 2 rings (SSSR count). The maximum absolute atomic E-state index is 12.1. The van der Waals surface area contributed by atoms with Gasteiger partial charge in [-0.05, 0) is 30.5 Å². The van der Waals surface area contributed by atoms with E-state index in [9.17, 15) is 4.79 Å². The SMILES string of the molecule is CN=C(NCCc1ccc(OC)cc1)NC1CCN(C(=O)C(C)C)C1. The number of carbonyl (C=O) groups is 1. The number of carbonyl (C=O) groups excluding carboxylic acids is 1. The average Bonchev–Trinajstić information content (AvgIpc) is 3.09. The lowest BCUT2D eigenvalue weighted by Crippen LogP contribution is -2.45. The van der Waals surface area contributed by atoms with Gasteiger partial charge in [-0.3, -0.25) is 9.79 Å². The van der Waals surface area contributed by atoms with E-state index in [4.69, 9.17) is 4.74 Å². The molecule has 1 aromatic rings. The number of amides is 1. The van der Waals surface area contributed by atoms with Crippen LogP contribution in [0.25, 0.3) is 0 Å². The Hall–Kier alpha value is -2.24. The molecule has 0 spiro atoms. The number of likely N-dealkylation sites (tertiary alicyclic amines) is 1. The van der Waals surface area contributed by atoms with E-state index >= 15 is 0 Å². The number of rotatable bonds is 6. The van der Waals surface area contributed by atoms with Gasteiger partial charge in [-0.1, -0.05) is 26.0 Å². The van der Waals surface area contributed by atoms with Crippen molar-refractivity contribution in [3.63, 3.8) is 0 Å². The smallest absolute Gasteiger partial charge is 0.225 e. The fraction of sp³-hybridized carbons (Fsp3) is 0.579. The van der Waals surface area contributed by atoms with Crippen molar-refractivity contribution in [3.8, 4) is 5.75 Å². The van der Waals surface area contributed by atoms with Gasteiger partial charge in [0.15, 0.2) is 5.96 Å². The first kappa shape index (κ1) is 19.1. The van der Waals surface area contributed by atoms with Gasteiger partial charge in [0.25, 0.3) is 0 Å². The zero-order chi connectivity index (χ0) is 18.2. The van der Waals surface area contributed by atoms with Crippen molar-refractivity contribution in [2.24, 2.45) is 10.9 Å². The van der Waals surface area contributed by atoms with Gasteiger partial charge in [0.1, 0.15) is 5.75 Å². The van der Waals surface area contributed by atoms with Gasteiger partial charge >= 0.3 is 0 Å². The third-order valence-corrected chi connectivity index (χ3v) is 4.42. The molecule has 6 nitrogen and oxygen atoms in total. The molecule has 0 aromatic heterocycles. The minimum absolute atomic E-state index is 0.0562. The number of nitrogens with one attached hydrogen (secondary N) is 2. The molecule has 1 heterocycles. The second kappa shape index (κ2) is 9.30. The third kappa shape index (κ3) is 5.66. The van der Waals surface area contributed by atoms with E-state index in [-0.39, 0.29) is 17.9 Å². The second-order valence-electron chi connectivity index (χ2n) is 6.67. The number of ether oxygens (including phenoxy) is 1. The summed E-state index contributed by atoms with van der Waals surface area (Å²) < 4.78 is 5.17. The van der Waals surface area contributed by atoms with E-state index < -0.39 is 0 Å². The standard InChI is InChI=1S/C19H30N4O2/c1-14(2)18(24)23-12-10-16(13-23)22-19(20-3)21-11-9-15-5-7-17(25-4)8-6-15/h5-8,14,16H,9-13H2,1-4H3,(H2,20,21,22). The Labute approximate surface area is 150 Å². The van der Waals surface area contributed by atoms with Crippen molar-refractivity contribution in [1.29, 1.82) is 0 Å². The van der Waals surface area contributed by atoms with Crippen molar-refractivity contribution >= 4 is 11.9 Å². The minimum Gasteiger partial charge on any atom is -0.497 e. The molecule has 138 valence electrons. The van der Waals surface area contributed by atoms with Gasteiger partial charge in [-0.25, -0.2) is 0 Å². The number of nitrogens with zero attached hydrogens (tertiary/aromatic N) is 2. The molecular weight excluding hydrogens is 316 g/mol. The van der Waals surface area contributed by atoms with Gasteiger partial charge in [-0.15, -0.1) is 0 Å². The summed E-state index contributed by atoms with van der Waals surface area (Å²) in [5.74, 6) is 1.95. The topological polar surface area (TPSA) is 66.0 Å². The maximum atomic E-state index is 12.1. The van der Waals surface area contributed by atoms with E-state index in [0.29, 0.717) is 0 Å². The summed E-state index contributed by atoms with van der Waals surface area (Å²) in [5.41, 5.74) is 1.25. The summed E-state index contributed by atoms with van der Waals surface area (Å²) in [6.07, 6.45) is 1.87. The maximum Gasteiger partial charge on any atom is 0.225 e. The fourth-order valence-corrected chi connectivity index (χ4v) is 2.95. The lowest BCUT2D eigenvalue weighted by molar-refractivity contribution is -0.133. The van der Waals surface area contributed by atoms with Crippen molar-refractivity contribution in [2.45, 2.75) is 32.7 Å². The van der Waals surface area contributed by atoms with Crippen molar-refractivity contribution in [1.82, 2.24) is 15.5 Å². The van der Waals surface area contributed by atoms with Crippen LogP contribution in [0.1, 0.15) is 25.8 Å². The van der Waals surface area contributed by atoms with Gasteiger partial charge in [-0.2, -0.15) is 0 Å². The molecule has 0 aliphatic carbocycles. The minimum atomic E-state index is 0.0562. The number of guanidine groups is 1. The van der Waals surface area contributed by atoms with E-state index in [0.717, 1.165) is 44.2 Å². The lowest BCUT2D eigenvalue weighted by Gasteiger charge is -2.20. The Morgan fingerprint density at radius 2 is 2.08 bits per heavy atom. The molecule has 1 saturated heterocycles. The highest BCUT2D eigenvalue weighted by atomic mass is 16.5. The van der Waals surface area contributed by atoms with Crippen LogP contribution in [0, 0.1) is 5.92 Å². The van der Waals surface area contributed by atoms with Crippen LogP contribution in [0.15, 0.2) is 29.3 Å². The monoisotopic (exact) mass is 346 g/mol. The quantitative estimate of drug-likeness (QED) is 0.607. The number of benzene rings is 1. The number of aliphatic imine (C=N–C) groups is 1. The van der Waals surface area contributed by atoms with Crippen LogP contribution >= 0.6 is 0 Å². The van der Waals surface area contributed by atoms with Crippen LogP contribution in [0.2, 0.25) is 0 Å². The molecule has 1 aromatic carbocycles. The Bertz CT molecular complexity index is 584. The summed E-state index contributed by atoms with van der Waals surface area (Å²) in [4.78, 5) is 18.3. The highest BCUT2D eigenvalue weighted by molar-refractivity contribution is 5.81. The molecule has 6 heteroatoms. The van der Waals surface area contributed by atoms with E-state index in [1.807, 2.05) is 30.9 Å².